The Morgan fingerprint density at radius 1 is 1.03 bits per heavy atom. The summed E-state index contributed by atoms with van der Waals surface area (Å²) in [6.07, 6.45) is 8.45. The van der Waals surface area contributed by atoms with Gasteiger partial charge in [0, 0.05) is 39.3 Å². The highest BCUT2D eigenvalue weighted by Crippen LogP contribution is 2.45. The topological polar surface area (TPSA) is 61.8 Å². The lowest BCUT2D eigenvalue weighted by molar-refractivity contribution is 0.0189. The molecule has 0 spiro atoms. The van der Waals surface area contributed by atoms with E-state index in [9.17, 15) is 0 Å². The molecule has 0 aromatic heterocycles. The molecule has 4 N–H and O–H groups in total. The first-order valence-electron chi connectivity index (χ1n) is 12.2. The van der Waals surface area contributed by atoms with E-state index >= 15 is 4.39 Å². The van der Waals surface area contributed by atoms with Gasteiger partial charge in [-0.2, -0.15) is 0 Å². The number of likely N-dealkylation sites (tertiary alicyclic amines) is 1. The van der Waals surface area contributed by atoms with Crippen LogP contribution in [-0.2, 0) is 0 Å². The van der Waals surface area contributed by atoms with Gasteiger partial charge in [0.15, 0.2) is 0 Å². The minimum absolute atomic E-state index is 0.360. The van der Waals surface area contributed by atoms with Crippen molar-refractivity contribution >= 4 is 0 Å². The molecule has 5 nitrogen and oxygen atoms in total. The second-order valence-corrected chi connectivity index (χ2v) is 10.1. The van der Waals surface area contributed by atoms with Crippen molar-refractivity contribution in [2.45, 2.75) is 77.8 Å². The van der Waals surface area contributed by atoms with Crippen LogP contribution >= 0.6 is 0 Å². The molecule has 1 saturated carbocycles. The van der Waals surface area contributed by atoms with Crippen molar-refractivity contribution < 1.29 is 4.39 Å². The van der Waals surface area contributed by atoms with E-state index in [1.54, 1.807) is 0 Å². The van der Waals surface area contributed by atoms with E-state index in [1.165, 1.54) is 19.3 Å². The zero-order chi connectivity index (χ0) is 21.3. The molecule has 0 radical (unpaired) electrons. The van der Waals surface area contributed by atoms with Gasteiger partial charge < -0.3 is 15.5 Å². The number of alkyl halides is 1. The fourth-order valence-electron chi connectivity index (χ4n) is 4.69. The Hall–Kier alpha value is -0.270. The first-order valence-corrected chi connectivity index (χ1v) is 12.2. The number of nitrogens with two attached hydrogens (primary N) is 2. The largest absolute Gasteiger partial charge is 0.330 e. The minimum atomic E-state index is -1.02. The minimum Gasteiger partial charge on any atom is -0.330 e. The lowest BCUT2D eigenvalue weighted by Gasteiger charge is -2.40. The molecule has 29 heavy (non-hydrogen) atoms. The van der Waals surface area contributed by atoms with Crippen molar-refractivity contribution in [1.82, 2.24) is 14.8 Å². The lowest BCUT2D eigenvalue weighted by Crippen LogP contribution is -2.50. The van der Waals surface area contributed by atoms with Crippen molar-refractivity contribution in [1.29, 1.82) is 0 Å². The van der Waals surface area contributed by atoms with Crippen LogP contribution in [0.2, 0.25) is 0 Å². The van der Waals surface area contributed by atoms with Crippen LogP contribution in [0, 0.1) is 11.3 Å². The van der Waals surface area contributed by atoms with Crippen LogP contribution in [0.4, 0.5) is 4.39 Å². The highest BCUT2D eigenvalue weighted by Gasteiger charge is 2.44. The van der Waals surface area contributed by atoms with Gasteiger partial charge in [0.1, 0.15) is 5.67 Å². The van der Waals surface area contributed by atoms with E-state index < -0.39 is 5.67 Å². The smallest absolute Gasteiger partial charge is 0.126 e. The van der Waals surface area contributed by atoms with Crippen LogP contribution in [0.15, 0.2) is 0 Å². The number of hydrazine groups is 1. The lowest BCUT2D eigenvalue weighted by atomic mass is 9.91. The molecule has 1 aliphatic heterocycles. The van der Waals surface area contributed by atoms with E-state index in [2.05, 4.69) is 30.6 Å². The summed E-state index contributed by atoms with van der Waals surface area (Å²) < 4.78 is 15.5. The van der Waals surface area contributed by atoms with Crippen LogP contribution in [-0.4, -0.2) is 79.4 Å². The Labute approximate surface area is 179 Å². The predicted molar refractivity (Wildman–Crippen MR) is 121 cm³/mol. The third-order valence-electron chi connectivity index (χ3n) is 7.25. The molecule has 2 aliphatic rings. The summed E-state index contributed by atoms with van der Waals surface area (Å²) in [7, 11) is 0. The molecule has 1 atom stereocenters. The predicted octanol–water partition coefficient (Wildman–Crippen LogP) is 3.24. The Morgan fingerprint density at radius 2 is 1.72 bits per heavy atom. The monoisotopic (exact) mass is 413 g/mol. The van der Waals surface area contributed by atoms with Gasteiger partial charge in [-0.05, 0) is 82.3 Å². The fourth-order valence-corrected chi connectivity index (χ4v) is 4.69. The Balaban J connectivity index is 1.64. The second-order valence-electron chi connectivity index (χ2n) is 10.1. The average Bonchev–Trinajstić information content (AvgIpc) is 3.47. The first-order chi connectivity index (χ1) is 13.8. The average molecular weight is 414 g/mol. The molecule has 0 aromatic carbocycles. The Kier molecular flexibility index (Phi) is 10.3. The summed E-state index contributed by atoms with van der Waals surface area (Å²) in [6, 6.07) is 0. The molecule has 1 saturated heterocycles. The normalized spacial score (nSPS) is 22.3. The van der Waals surface area contributed by atoms with Gasteiger partial charge in [0.25, 0.3) is 0 Å². The third-order valence-corrected chi connectivity index (χ3v) is 7.25. The van der Waals surface area contributed by atoms with Gasteiger partial charge in [-0.15, -0.1) is 0 Å². The molecule has 1 aliphatic carbocycles. The van der Waals surface area contributed by atoms with E-state index in [0.717, 1.165) is 71.6 Å². The molecule has 2 fully saturated rings. The third kappa shape index (κ3) is 8.78. The van der Waals surface area contributed by atoms with Crippen molar-refractivity contribution in [2.24, 2.45) is 22.9 Å². The van der Waals surface area contributed by atoms with Gasteiger partial charge >= 0.3 is 0 Å². The van der Waals surface area contributed by atoms with Crippen molar-refractivity contribution in [3.8, 4) is 0 Å². The second kappa shape index (κ2) is 11.9. The number of halogens is 1. The van der Waals surface area contributed by atoms with Gasteiger partial charge in [-0.25, -0.2) is 9.40 Å². The highest BCUT2D eigenvalue weighted by molar-refractivity contribution is 4.98. The quantitative estimate of drug-likeness (QED) is 0.319. The van der Waals surface area contributed by atoms with E-state index in [1.807, 2.05) is 5.01 Å². The van der Waals surface area contributed by atoms with Crippen LogP contribution in [0.3, 0.4) is 0 Å². The zero-order valence-corrected chi connectivity index (χ0v) is 19.5. The molecule has 0 aromatic rings. The Morgan fingerprint density at radius 3 is 2.28 bits per heavy atom. The van der Waals surface area contributed by atoms with Crippen LogP contribution in [0.1, 0.15) is 72.1 Å². The number of hydrogen-bond acceptors (Lipinski definition) is 5. The Bertz CT molecular complexity index is 449. The molecule has 2 rings (SSSR count). The summed E-state index contributed by atoms with van der Waals surface area (Å²) in [5, 5.41) is 1.93. The SMILES string of the molecule is CCCN(N)CCCC(C)CCN(CC)CC1(F)CCN(CC2(CN)CC2)CC1. The maximum absolute atomic E-state index is 15.5. The summed E-state index contributed by atoms with van der Waals surface area (Å²) in [4.78, 5) is 4.79. The van der Waals surface area contributed by atoms with E-state index in [-0.39, 0.29) is 0 Å². The summed E-state index contributed by atoms with van der Waals surface area (Å²) in [5.41, 5.74) is 5.27. The van der Waals surface area contributed by atoms with E-state index in [4.69, 9.17) is 11.6 Å². The molecule has 0 amide bonds. The van der Waals surface area contributed by atoms with Crippen molar-refractivity contribution in [2.75, 3.05) is 58.9 Å². The van der Waals surface area contributed by atoms with Crippen LogP contribution in [0.25, 0.3) is 0 Å². The van der Waals surface area contributed by atoms with Gasteiger partial charge in [-0.3, -0.25) is 5.84 Å². The fraction of sp³-hybridized carbons (Fsp3) is 1.00. The highest BCUT2D eigenvalue weighted by atomic mass is 19.1. The van der Waals surface area contributed by atoms with Gasteiger partial charge in [0.05, 0.1) is 0 Å². The molecule has 6 heteroatoms. The molecular formula is C23H48FN5. The molecule has 172 valence electrons. The summed E-state index contributed by atoms with van der Waals surface area (Å²) >= 11 is 0. The van der Waals surface area contributed by atoms with E-state index in [0.29, 0.717) is 30.7 Å². The van der Waals surface area contributed by atoms with Crippen LogP contribution in [0.5, 0.6) is 0 Å². The first kappa shape index (κ1) is 25.0. The van der Waals surface area contributed by atoms with Gasteiger partial charge in [0.2, 0.25) is 0 Å². The van der Waals surface area contributed by atoms with Crippen molar-refractivity contribution in [3.63, 3.8) is 0 Å². The summed E-state index contributed by atoms with van der Waals surface area (Å²) in [5.74, 6) is 6.63. The standard InChI is InChI=1S/C23H48FN5/c1-4-13-29(26)14-6-7-21(3)8-15-27(5-2)20-23(24)11-16-28(17-12-23)19-22(18-25)9-10-22/h21H,4-20,25-26H2,1-3H3. The molecule has 1 unspecified atom stereocenters. The maximum Gasteiger partial charge on any atom is 0.126 e. The maximum atomic E-state index is 15.5. The summed E-state index contributed by atoms with van der Waals surface area (Å²) in [6.45, 7) is 14.8. The molecule has 1 heterocycles. The zero-order valence-electron chi connectivity index (χ0n) is 19.5. The number of rotatable bonds is 15. The van der Waals surface area contributed by atoms with Crippen LogP contribution < -0.4 is 11.6 Å². The number of piperidine rings is 1. The van der Waals surface area contributed by atoms with Crippen molar-refractivity contribution in [3.05, 3.63) is 0 Å². The number of hydrogen-bond donors (Lipinski definition) is 2. The molecule has 0 bridgehead atoms. The molecular weight excluding hydrogens is 365 g/mol. The van der Waals surface area contributed by atoms with Gasteiger partial charge in [-0.1, -0.05) is 20.8 Å². The number of nitrogens with zero attached hydrogens (tertiary/aromatic N) is 3.